The molecule has 0 aliphatic carbocycles. The molecule has 0 saturated carbocycles. The van der Waals surface area contributed by atoms with Gasteiger partial charge in [-0.2, -0.15) is 0 Å². The molecule has 2 N–H and O–H groups in total. The van der Waals surface area contributed by atoms with E-state index in [1.54, 1.807) is 0 Å². The molecule has 1 unspecified atom stereocenters. The zero-order valence-corrected chi connectivity index (χ0v) is 13.8. The van der Waals surface area contributed by atoms with Crippen molar-refractivity contribution in [3.05, 3.63) is 33.3 Å². The summed E-state index contributed by atoms with van der Waals surface area (Å²) in [5.74, 6) is 0.843. The molecule has 0 radical (unpaired) electrons. The van der Waals surface area contributed by atoms with Gasteiger partial charge in [0.2, 0.25) is 5.91 Å². The number of halogens is 1. The second kappa shape index (κ2) is 7.23. The Labute approximate surface area is 129 Å². The van der Waals surface area contributed by atoms with Crippen molar-refractivity contribution in [3.8, 4) is 0 Å². The van der Waals surface area contributed by atoms with E-state index in [0.717, 1.165) is 24.0 Å². The number of carbonyl (C=O) groups is 1. The second-order valence-corrected chi connectivity index (χ2v) is 6.61. The van der Waals surface area contributed by atoms with Crippen LogP contribution in [0.5, 0.6) is 0 Å². The smallest absolute Gasteiger partial charge is 0.220 e. The molecular formula is C16H23BrN2O. The first-order chi connectivity index (χ1) is 9.56. The monoisotopic (exact) mass is 338 g/mol. The van der Waals surface area contributed by atoms with Crippen molar-refractivity contribution in [2.24, 2.45) is 5.92 Å². The molecule has 1 aliphatic rings. The van der Waals surface area contributed by atoms with Crippen molar-refractivity contribution in [3.63, 3.8) is 0 Å². The predicted octanol–water partition coefficient (Wildman–Crippen LogP) is 3.07. The highest BCUT2D eigenvalue weighted by atomic mass is 79.9. The fourth-order valence-corrected chi connectivity index (χ4v) is 3.48. The van der Waals surface area contributed by atoms with Crippen molar-refractivity contribution < 1.29 is 4.79 Å². The van der Waals surface area contributed by atoms with E-state index in [0.29, 0.717) is 18.9 Å². The van der Waals surface area contributed by atoms with Gasteiger partial charge in [0.15, 0.2) is 0 Å². The van der Waals surface area contributed by atoms with Gasteiger partial charge < -0.3 is 10.6 Å². The number of benzene rings is 1. The summed E-state index contributed by atoms with van der Waals surface area (Å²) in [7, 11) is 0. The average molecular weight is 339 g/mol. The molecule has 1 aromatic rings. The van der Waals surface area contributed by atoms with Crippen molar-refractivity contribution in [1.82, 2.24) is 10.6 Å². The topological polar surface area (TPSA) is 41.1 Å². The average Bonchev–Trinajstić information content (AvgIpc) is 2.88. The van der Waals surface area contributed by atoms with Crippen LogP contribution in [-0.4, -0.2) is 19.0 Å². The Balaban J connectivity index is 1.81. The van der Waals surface area contributed by atoms with Crippen LogP contribution in [0.15, 0.2) is 16.6 Å². The van der Waals surface area contributed by atoms with Gasteiger partial charge in [0, 0.05) is 17.4 Å². The van der Waals surface area contributed by atoms with Crippen LogP contribution in [-0.2, 0) is 11.3 Å². The van der Waals surface area contributed by atoms with Gasteiger partial charge in [-0.15, -0.1) is 0 Å². The fourth-order valence-electron chi connectivity index (χ4n) is 2.79. The third-order valence-electron chi connectivity index (χ3n) is 4.07. The molecule has 0 spiro atoms. The van der Waals surface area contributed by atoms with Crippen LogP contribution >= 0.6 is 15.9 Å². The third kappa shape index (κ3) is 4.32. The lowest BCUT2D eigenvalue weighted by atomic mass is 10.0. The van der Waals surface area contributed by atoms with Crippen LogP contribution in [0.2, 0.25) is 0 Å². The summed E-state index contributed by atoms with van der Waals surface area (Å²) in [6.07, 6.45) is 2.84. The molecular weight excluding hydrogens is 316 g/mol. The highest BCUT2D eigenvalue weighted by Gasteiger charge is 2.15. The van der Waals surface area contributed by atoms with Crippen molar-refractivity contribution in [2.45, 2.75) is 39.7 Å². The summed E-state index contributed by atoms with van der Waals surface area (Å²) in [6, 6.07) is 4.19. The Bertz CT molecular complexity index is 458. The van der Waals surface area contributed by atoms with Crippen LogP contribution in [0.3, 0.4) is 0 Å². The Morgan fingerprint density at radius 1 is 1.40 bits per heavy atom. The summed E-state index contributed by atoms with van der Waals surface area (Å²) in [5, 5.41) is 6.39. The van der Waals surface area contributed by atoms with Crippen LogP contribution in [0, 0.1) is 19.8 Å². The number of nitrogens with one attached hydrogen (secondary N) is 2. The van der Waals surface area contributed by atoms with Gasteiger partial charge in [-0.25, -0.2) is 0 Å². The third-order valence-corrected chi connectivity index (χ3v) is 4.52. The summed E-state index contributed by atoms with van der Waals surface area (Å²) in [5.41, 5.74) is 3.67. The maximum Gasteiger partial charge on any atom is 0.220 e. The highest BCUT2D eigenvalue weighted by Crippen LogP contribution is 2.20. The van der Waals surface area contributed by atoms with Gasteiger partial charge in [-0.1, -0.05) is 15.9 Å². The molecule has 0 bridgehead atoms. The molecule has 1 aliphatic heterocycles. The van der Waals surface area contributed by atoms with Gasteiger partial charge in [-0.05, 0) is 74.5 Å². The Kier molecular flexibility index (Phi) is 5.61. The lowest BCUT2D eigenvalue weighted by Crippen LogP contribution is -2.24. The van der Waals surface area contributed by atoms with Crippen molar-refractivity contribution in [1.29, 1.82) is 0 Å². The Morgan fingerprint density at radius 3 is 2.70 bits per heavy atom. The first kappa shape index (κ1) is 15.5. The highest BCUT2D eigenvalue weighted by molar-refractivity contribution is 9.10. The van der Waals surface area contributed by atoms with E-state index in [4.69, 9.17) is 0 Å². The molecule has 110 valence electrons. The molecule has 0 aromatic heterocycles. The first-order valence-electron chi connectivity index (χ1n) is 7.29. The van der Waals surface area contributed by atoms with Crippen LogP contribution < -0.4 is 10.6 Å². The molecule has 1 aromatic carbocycles. The summed E-state index contributed by atoms with van der Waals surface area (Å²) < 4.78 is 1.09. The minimum Gasteiger partial charge on any atom is -0.352 e. The zero-order chi connectivity index (χ0) is 14.5. The van der Waals surface area contributed by atoms with Crippen LogP contribution in [0.4, 0.5) is 0 Å². The van der Waals surface area contributed by atoms with Crippen molar-refractivity contribution >= 4 is 21.8 Å². The lowest BCUT2D eigenvalue weighted by molar-refractivity contribution is -0.121. The normalized spacial score (nSPS) is 18.2. The minimum absolute atomic E-state index is 0.165. The van der Waals surface area contributed by atoms with Gasteiger partial charge in [-0.3, -0.25) is 4.79 Å². The van der Waals surface area contributed by atoms with Crippen LogP contribution in [0.25, 0.3) is 0 Å². The van der Waals surface area contributed by atoms with Gasteiger partial charge in [0.05, 0.1) is 0 Å². The summed E-state index contributed by atoms with van der Waals surface area (Å²) in [6.45, 7) is 6.97. The van der Waals surface area contributed by atoms with E-state index in [1.165, 1.54) is 23.1 Å². The number of aryl methyl sites for hydroxylation is 2. The number of rotatable bonds is 5. The standard InChI is InChI=1S/C16H23BrN2O/c1-11-7-14(17)8-12(2)15(11)10-19-16(20)4-3-13-5-6-18-9-13/h7-8,13,18H,3-6,9-10H2,1-2H3,(H,19,20). The summed E-state index contributed by atoms with van der Waals surface area (Å²) >= 11 is 3.50. The molecule has 1 fully saturated rings. The van der Waals surface area contributed by atoms with Crippen molar-refractivity contribution in [2.75, 3.05) is 13.1 Å². The molecule has 1 saturated heterocycles. The van der Waals surface area contributed by atoms with Gasteiger partial charge in [0.1, 0.15) is 0 Å². The quantitative estimate of drug-likeness (QED) is 0.866. The molecule has 1 atom stereocenters. The molecule has 20 heavy (non-hydrogen) atoms. The van der Waals surface area contributed by atoms with E-state index in [1.807, 2.05) is 0 Å². The van der Waals surface area contributed by atoms with E-state index < -0.39 is 0 Å². The predicted molar refractivity (Wildman–Crippen MR) is 85.7 cm³/mol. The fraction of sp³-hybridized carbons (Fsp3) is 0.562. The zero-order valence-electron chi connectivity index (χ0n) is 12.3. The molecule has 3 nitrogen and oxygen atoms in total. The number of hydrogen-bond acceptors (Lipinski definition) is 2. The van der Waals surface area contributed by atoms with E-state index in [2.05, 4.69) is 52.5 Å². The number of amides is 1. The van der Waals surface area contributed by atoms with Gasteiger partial charge in [0.25, 0.3) is 0 Å². The van der Waals surface area contributed by atoms with Crippen LogP contribution in [0.1, 0.15) is 36.0 Å². The van der Waals surface area contributed by atoms with Gasteiger partial charge >= 0.3 is 0 Å². The Morgan fingerprint density at radius 2 is 2.10 bits per heavy atom. The van der Waals surface area contributed by atoms with E-state index in [-0.39, 0.29) is 5.91 Å². The Hall–Kier alpha value is -0.870. The number of carbonyl (C=O) groups excluding carboxylic acids is 1. The maximum atomic E-state index is 11.9. The molecule has 1 amide bonds. The lowest BCUT2D eigenvalue weighted by Gasteiger charge is -2.13. The second-order valence-electron chi connectivity index (χ2n) is 5.69. The summed E-state index contributed by atoms with van der Waals surface area (Å²) in [4.78, 5) is 11.9. The first-order valence-corrected chi connectivity index (χ1v) is 8.08. The van der Waals surface area contributed by atoms with E-state index in [9.17, 15) is 4.79 Å². The maximum absolute atomic E-state index is 11.9. The van der Waals surface area contributed by atoms with E-state index >= 15 is 0 Å². The largest absolute Gasteiger partial charge is 0.352 e. The molecule has 2 rings (SSSR count). The molecule has 1 heterocycles. The minimum atomic E-state index is 0.165. The SMILES string of the molecule is Cc1cc(Br)cc(C)c1CNC(=O)CCC1CCNC1. The molecule has 4 heteroatoms. The number of hydrogen-bond donors (Lipinski definition) is 2.